The molecular formula is C21H31IN4O. The molecular weight excluding hydrogens is 451 g/mol. The molecule has 0 saturated carbocycles. The summed E-state index contributed by atoms with van der Waals surface area (Å²) >= 11 is 0. The zero-order chi connectivity index (χ0) is 18.3. The molecule has 4 rings (SSSR count). The van der Waals surface area contributed by atoms with Gasteiger partial charge < -0.3 is 19.9 Å². The van der Waals surface area contributed by atoms with Gasteiger partial charge in [0.2, 0.25) is 0 Å². The lowest BCUT2D eigenvalue weighted by atomic mass is 9.87. The number of halogens is 1. The van der Waals surface area contributed by atoms with Gasteiger partial charge in [-0.25, -0.2) is 0 Å². The van der Waals surface area contributed by atoms with Crippen molar-refractivity contribution in [2.75, 3.05) is 33.4 Å². The molecule has 0 bridgehead atoms. The zero-order valence-corrected chi connectivity index (χ0v) is 19.1. The minimum Gasteiger partial charge on any atom is -0.381 e. The average Bonchev–Trinajstić information content (AvgIpc) is 3.32. The molecule has 2 aliphatic rings. The van der Waals surface area contributed by atoms with Gasteiger partial charge in [0.1, 0.15) is 0 Å². The van der Waals surface area contributed by atoms with E-state index in [1.165, 1.54) is 46.1 Å². The number of ether oxygens (including phenoxy) is 1. The smallest absolute Gasteiger partial charge is 0.193 e. The summed E-state index contributed by atoms with van der Waals surface area (Å²) in [4.78, 5) is 10.5. The van der Waals surface area contributed by atoms with Crippen LogP contribution in [0.25, 0.3) is 10.9 Å². The van der Waals surface area contributed by atoms with Crippen LogP contribution >= 0.6 is 24.0 Å². The number of nitrogens with zero attached hydrogens (tertiary/aromatic N) is 2. The second-order valence-electron chi connectivity index (χ2n) is 8.10. The van der Waals surface area contributed by atoms with Gasteiger partial charge in [0, 0.05) is 49.8 Å². The zero-order valence-electron chi connectivity index (χ0n) is 16.8. The number of H-pyrrole nitrogens is 1. The number of benzene rings is 1. The Morgan fingerprint density at radius 2 is 2.11 bits per heavy atom. The van der Waals surface area contributed by atoms with Gasteiger partial charge in [-0.2, -0.15) is 0 Å². The molecule has 1 aromatic heterocycles. The monoisotopic (exact) mass is 482 g/mol. The van der Waals surface area contributed by atoms with E-state index < -0.39 is 0 Å². The maximum atomic E-state index is 5.66. The Kier molecular flexibility index (Phi) is 6.05. The minimum atomic E-state index is 0. The van der Waals surface area contributed by atoms with Crippen molar-refractivity contribution in [3.63, 3.8) is 0 Å². The summed E-state index contributed by atoms with van der Waals surface area (Å²) in [5, 5.41) is 4.93. The standard InChI is InChI=1S/C21H30N4O.HI/c1-14-9-17(19-18(10-14)15(2)16(3)24-19)11-23-20(22-4)25-7-5-21(12-25)6-8-26-13-21;/h9-10,24H,5-8,11-13H2,1-4H3,(H,22,23);1H. The SMILES string of the molecule is CN=C(NCc1cc(C)cc2c(C)c(C)[nH]c12)N1CCC2(CCOC2)C1.I. The number of aromatic amines is 1. The molecule has 1 unspecified atom stereocenters. The Labute approximate surface area is 179 Å². The van der Waals surface area contributed by atoms with Gasteiger partial charge in [-0.3, -0.25) is 4.99 Å². The van der Waals surface area contributed by atoms with Crippen LogP contribution in [0.15, 0.2) is 17.1 Å². The lowest BCUT2D eigenvalue weighted by Gasteiger charge is -2.25. The first-order chi connectivity index (χ1) is 12.5. The summed E-state index contributed by atoms with van der Waals surface area (Å²) in [6.45, 7) is 11.2. The van der Waals surface area contributed by atoms with E-state index in [2.05, 4.69) is 53.1 Å². The predicted molar refractivity (Wildman–Crippen MR) is 122 cm³/mol. The molecule has 1 aromatic carbocycles. The summed E-state index contributed by atoms with van der Waals surface area (Å²) in [7, 11) is 1.88. The highest BCUT2D eigenvalue weighted by Crippen LogP contribution is 2.38. The van der Waals surface area contributed by atoms with Crippen molar-refractivity contribution in [3.8, 4) is 0 Å². The first kappa shape index (κ1) is 20.5. The maximum absolute atomic E-state index is 5.66. The number of hydrogen-bond acceptors (Lipinski definition) is 2. The summed E-state index contributed by atoms with van der Waals surface area (Å²) in [6.07, 6.45) is 2.39. The average molecular weight is 482 g/mol. The van der Waals surface area contributed by atoms with Crippen LogP contribution in [0.2, 0.25) is 0 Å². The molecule has 148 valence electrons. The van der Waals surface area contributed by atoms with Gasteiger partial charge in [-0.05, 0) is 50.8 Å². The molecule has 5 nitrogen and oxygen atoms in total. The molecule has 0 amide bonds. The minimum absolute atomic E-state index is 0. The summed E-state index contributed by atoms with van der Waals surface area (Å²) in [5.74, 6) is 1.00. The molecule has 3 heterocycles. The van der Waals surface area contributed by atoms with E-state index in [-0.39, 0.29) is 24.0 Å². The topological polar surface area (TPSA) is 52.7 Å². The van der Waals surface area contributed by atoms with Gasteiger partial charge >= 0.3 is 0 Å². The van der Waals surface area contributed by atoms with Crippen molar-refractivity contribution in [3.05, 3.63) is 34.5 Å². The highest BCUT2D eigenvalue weighted by Gasteiger charge is 2.42. The van der Waals surface area contributed by atoms with Crippen LogP contribution < -0.4 is 5.32 Å². The third-order valence-electron chi connectivity index (χ3n) is 6.21. The molecule has 2 aromatic rings. The van der Waals surface area contributed by atoms with E-state index in [4.69, 9.17) is 4.74 Å². The van der Waals surface area contributed by atoms with Crippen LogP contribution in [0.5, 0.6) is 0 Å². The Morgan fingerprint density at radius 1 is 1.30 bits per heavy atom. The highest BCUT2D eigenvalue weighted by atomic mass is 127. The number of nitrogens with one attached hydrogen (secondary N) is 2. The maximum Gasteiger partial charge on any atom is 0.193 e. The van der Waals surface area contributed by atoms with E-state index in [0.29, 0.717) is 5.41 Å². The second kappa shape index (κ2) is 7.99. The van der Waals surface area contributed by atoms with Crippen molar-refractivity contribution in [2.24, 2.45) is 10.4 Å². The summed E-state index contributed by atoms with van der Waals surface area (Å²) in [6, 6.07) is 4.55. The lowest BCUT2D eigenvalue weighted by molar-refractivity contribution is 0.156. The lowest BCUT2D eigenvalue weighted by Crippen LogP contribution is -2.41. The number of aromatic nitrogens is 1. The molecule has 0 radical (unpaired) electrons. The third kappa shape index (κ3) is 3.83. The number of likely N-dealkylation sites (tertiary alicyclic amines) is 1. The highest BCUT2D eigenvalue weighted by molar-refractivity contribution is 14.0. The summed E-state index contributed by atoms with van der Waals surface area (Å²) < 4.78 is 5.66. The Balaban J connectivity index is 0.00000210. The van der Waals surface area contributed by atoms with Gasteiger partial charge in [0.05, 0.1) is 12.1 Å². The van der Waals surface area contributed by atoms with Crippen LogP contribution in [0.3, 0.4) is 0 Å². The van der Waals surface area contributed by atoms with E-state index in [1.807, 2.05) is 7.05 Å². The molecule has 2 N–H and O–H groups in total. The number of aryl methyl sites for hydroxylation is 3. The molecule has 27 heavy (non-hydrogen) atoms. The number of hydrogen-bond donors (Lipinski definition) is 2. The fourth-order valence-electron chi connectivity index (χ4n) is 4.52. The molecule has 2 aliphatic heterocycles. The molecule has 2 saturated heterocycles. The predicted octanol–water partition coefficient (Wildman–Crippen LogP) is 3.90. The van der Waals surface area contributed by atoms with Crippen molar-refractivity contribution in [1.29, 1.82) is 0 Å². The fraction of sp³-hybridized carbons (Fsp3) is 0.571. The molecule has 2 fully saturated rings. The fourth-order valence-corrected chi connectivity index (χ4v) is 4.52. The number of aliphatic imine (C=N–C) groups is 1. The molecule has 0 aliphatic carbocycles. The number of rotatable bonds is 2. The second-order valence-corrected chi connectivity index (χ2v) is 8.10. The van der Waals surface area contributed by atoms with Crippen LogP contribution in [-0.4, -0.2) is 49.2 Å². The normalized spacial score (nSPS) is 22.7. The van der Waals surface area contributed by atoms with Crippen LogP contribution in [0, 0.1) is 26.2 Å². The quantitative estimate of drug-likeness (QED) is 0.388. The van der Waals surface area contributed by atoms with Crippen molar-refractivity contribution in [1.82, 2.24) is 15.2 Å². The number of fused-ring (bicyclic) bond motifs is 1. The third-order valence-corrected chi connectivity index (χ3v) is 6.21. The van der Waals surface area contributed by atoms with Crippen molar-refractivity contribution >= 4 is 40.8 Å². The Morgan fingerprint density at radius 3 is 2.81 bits per heavy atom. The van der Waals surface area contributed by atoms with Gasteiger partial charge in [0.25, 0.3) is 0 Å². The Bertz CT molecular complexity index is 851. The molecule has 1 spiro atoms. The molecule has 6 heteroatoms. The first-order valence-electron chi connectivity index (χ1n) is 9.63. The van der Waals surface area contributed by atoms with Gasteiger partial charge in [-0.15, -0.1) is 24.0 Å². The van der Waals surface area contributed by atoms with E-state index in [9.17, 15) is 0 Å². The number of guanidine groups is 1. The van der Waals surface area contributed by atoms with Crippen molar-refractivity contribution in [2.45, 2.75) is 40.2 Å². The Hall–Kier alpha value is -1.28. The largest absolute Gasteiger partial charge is 0.381 e. The van der Waals surface area contributed by atoms with E-state index >= 15 is 0 Å². The van der Waals surface area contributed by atoms with Crippen molar-refractivity contribution < 1.29 is 4.74 Å². The summed E-state index contributed by atoms with van der Waals surface area (Å²) in [5.41, 5.74) is 6.79. The van der Waals surface area contributed by atoms with E-state index in [0.717, 1.165) is 38.8 Å². The van der Waals surface area contributed by atoms with Crippen LogP contribution in [-0.2, 0) is 11.3 Å². The first-order valence-corrected chi connectivity index (χ1v) is 9.63. The van der Waals surface area contributed by atoms with Crippen LogP contribution in [0.4, 0.5) is 0 Å². The van der Waals surface area contributed by atoms with Crippen LogP contribution in [0.1, 0.15) is 35.2 Å². The van der Waals surface area contributed by atoms with Gasteiger partial charge in [-0.1, -0.05) is 11.6 Å². The van der Waals surface area contributed by atoms with Gasteiger partial charge in [0.15, 0.2) is 5.96 Å². The van der Waals surface area contributed by atoms with E-state index in [1.54, 1.807) is 0 Å². The molecule has 1 atom stereocenters.